The third-order valence-corrected chi connectivity index (χ3v) is 2.01. The number of phenolic OH excluding ortho intramolecular Hbond substituents is 1. The maximum Gasteiger partial charge on any atom is 0.259 e. The van der Waals surface area contributed by atoms with Crippen LogP contribution in [0.2, 0.25) is 0 Å². The van der Waals surface area contributed by atoms with Gasteiger partial charge in [-0.2, -0.15) is 0 Å². The van der Waals surface area contributed by atoms with E-state index in [4.69, 9.17) is 0 Å². The van der Waals surface area contributed by atoms with E-state index >= 15 is 0 Å². The Balaban J connectivity index is 2.93. The molecule has 0 aliphatic rings. The standard InChI is InChI=1S/C10H7NO3/c12-5-7-4-6-2-1-3-8(13)9(6)11-10(7)14/h1-5,13H,(H,11,14). The molecular formula is C10H7NO3. The number of hydrogen-bond donors (Lipinski definition) is 2. The summed E-state index contributed by atoms with van der Waals surface area (Å²) >= 11 is 0. The number of nitrogens with one attached hydrogen (secondary N) is 1. The van der Waals surface area contributed by atoms with Gasteiger partial charge < -0.3 is 10.1 Å². The normalized spacial score (nSPS) is 10.3. The van der Waals surface area contributed by atoms with Gasteiger partial charge in [-0.1, -0.05) is 12.1 Å². The molecule has 0 unspecified atom stereocenters. The molecule has 0 aliphatic carbocycles. The predicted octanol–water partition coefficient (Wildman–Crippen LogP) is 1.05. The fourth-order valence-electron chi connectivity index (χ4n) is 1.32. The van der Waals surface area contributed by atoms with E-state index in [1.165, 1.54) is 12.1 Å². The SMILES string of the molecule is O=Cc1cc2cccc(O)c2[nH]c1=O. The van der Waals surface area contributed by atoms with E-state index in [1.54, 1.807) is 12.1 Å². The molecule has 70 valence electrons. The lowest BCUT2D eigenvalue weighted by molar-refractivity contribution is 0.112. The van der Waals surface area contributed by atoms with Crippen LogP contribution >= 0.6 is 0 Å². The average Bonchev–Trinajstić information content (AvgIpc) is 2.19. The second-order valence-electron chi connectivity index (χ2n) is 2.91. The number of para-hydroxylation sites is 1. The van der Waals surface area contributed by atoms with Crippen molar-refractivity contribution in [2.24, 2.45) is 0 Å². The number of benzene rings is 1. The molecule has 0 aliphatic heterocycles. The molecular weight excluding hydrogens is 182 g/mol. The van der Waals surface area contributed by atoms with E-state index < -0.39 is 5.56 Å². The van der Waals surface area contributed by atoms with Crippen LogP contribution in [0, 0.1) is 0 Å². The van der Waals surface area contributed by atoms with Crippen molar-refractivity contribution in [1.29, 1.82) is 0 Å². The Labute approximate surface area is 78.8 Å². The summed E-state index contributed by atoms with van der Waals surface area (Å²) in [7, 11) is 0. The monoisotopic (exact) mass is 189 g/mol. The Kier molecular flexibility index (Phi) is 1.81. The van der Waals surface area contributed by atoms with Crippen LogP contribution in [0.5, 0.6) is 5.75 Å². The number of aldehydes is 1. The summed E-state index contributed by atoms with van der Waals surface area (Å²) < 4.78 is 0. The van der Waals surface area contributed by atoms with Crippen LogP contribution in [0.15, 0.2) is 29.1 Å². The summed E-state index contributed by atoms with van der Waals surface area (Å²) in [6.45, 7) is 0. The first-order chi connectivity index (χ1) is 6.72. The lowest BCUT2D eigenvalue weighted by Crippen LogP contribution is -2.11. The number of carbonyl (C=O) groups is 1. The van der Waals surface area contributed by atoms with E-state index in [0.717, 1.165) is 0 Å². The van der Waals surface area contributed by atoms with Gasteiger partial charge in [0.1, 0.15) is 5.75 Å². The van der Waals surface area contributed by atoms with Crippen molar-refractivity contribution >= 4 is 17.2 Å². The van der Waals surface area contributed by atoms with Gasteiger partial charge in [0.05, 0.1) is 11.1 Å². The summed E-state index contributed by atoms with van der Waals surface area (Å²) in [5, 5.41) is 10.0. The zero-order valence-corrected chi connectivity index (χ0v) is 7.15. The molecule has 0 saturated heterocycles. The number of aromatic hydroxyl groups is 1. The summed E-state index contributed by atoms with van der Waals surface area (Å²) in [5.74, 6) is -0.00273. The summed E-state index contributed by atoms with van der Waals surface area (Å²) in [5.41, 5.74) is -0.0831. The number of hydrogen-bond acceptors (Lipinski definition) is 3. The second kappa shape index (κ2) is 2.99. The van der Waals surface area contributed by atoms with Crippen LogP contribution in [0.25, 0.3) is 10.9 Å². The number of phenols is 1. The van der Waals surface area contributed by atoms with E-state index in [-0.39, 0.29) is 11.3 Å². The van der Waals surface area contributed by atoms with E-state index in [0.29, 0.717) is 17.2 Å². The zero-order valence-electron chi connectivity index (χ0n) is 7.15. The van der Waals surface area contributed by atoms with Gasteiger partial charge >= 0.3 is 0 Å². The Hall–Kier alpha value is -2.10. The maximum absolute atomic E-state index is 11.2. The molecule has 0 radical (unpaired) electrons. The molecule has 0 bridgehead atoms. The molecule has 0 spiro atoms. The minimum absolute atomic E-state index is 0.00273. The fourth-order valence-corrected chi connectivity index (χ4v) is 1.32. The molecule has 14 heavy (non-hydrogen) atoms. The van der Waals surface area contributed by atoms with E-state index in [9.17, 15) is 14.7 Å². The molecule has 4 nitrogen and oxygen atoms in total. The third-order valence-electron chi connectivity index (χ3n) is 2.01. The number of rotatable bonds is 1. The first kappa shape index (κ1) is 8.50. The van der Waals surface area contributed by atoms with Gasteiger partial charge in [-0.05, 0) is 12.1 Å². The molecule has 0 fully saturated rings. The highest BCUT2D eigenvalue weighted by atomic mass is 16.3. The lowest BCUT2D eigenvalue weighted by atomic mass is 10.1. The highest BCUT2D eigenvalue weighted by Gasteiger charge is 2.03. The van der Waals surface area contributed by atoms with Crippen LogP contribution in [0.3, 0.4) is 0 Å². The van der Waals surface area contributed by atoms with Crippen molar-refractivity contribution in [3.05, 3.63) is 40.2 Å². The molecule has 0 saturated carbocycles. The predicted molar refractivity (Wildman–Crippen MR) is 51.6 cm³/mol. The molecule has 2 N–H and O–H groups in total. The van der Waals surface area contributed by atoms with Gasteiger partial charge in [-0.3, -0.25) is 9.59 Å². The molecule has 2 aromatic rings. The van der Waals surface area contributed by atoms with Crippen LogP contribution in [-0.2, 0) is 0 Å². The number of H-pyrrole nitrogens is 1. The van der Waals surface area contributed by atoms with Crippen molar-refractivity contribution in [2.45, 2.75) is 0 Å². The van der Waals surface area contributed by atoms with Crippen molar-refractivity contribution in [2.75, 3.05) is 0 Å². The molecule has 1 heterocycles. The second-order valence-corrected chi connectivity index (χ2v) is 2.91. The summed E-state index contributed by atoms with van der Waals surface area (Å²) in [6, 6.07) is 6.27. The molecule has 1 aromatic carbocycles. The number of fused-ring (bicyclic) bond motifs is 1. The minimum Gasteiger partial charge on any atom is -0.506 e. The Morgan fingerprint density at radius 3 is 2.86 bits per heavy atom. The van der Waals surface area contributed by atoms with Gasteiger partial charge in [-0.25, -0.2) is 0 Å². The van der Waals surface area contributed by atoms with Gasteiger partial charge in [0.25, 0.3) is 5.56 Å². The highest BCUT2D eigenvalue weighted by Crippen LogP contribution is 2.20. The van der Waals surface area contributed by atoms with Crippen molar-refractivity contribution in [1.82, 2.24) is 4.98 Å². The number of carbonyl (C=O) groups excluding carboxylic acids is 1. The number of aromatic amines is 1. The number of pyridine rings is 1. The molecule has 2 rings (SSSR count). The maximum atomic E-state index is 11.2. The quantitative estimate of drug-likeness (QED) is 0.658. The van der Waals surface area contributed by atoms with E-state index in [1.807, 2.05) is 0 Å². The summed E-state index contributed by atoms with van der Waals surface area (Å²) in [6.07, 6.45) is 0.488. The van der Waals surface area contributed by atoms with Crippen LogP contribution < -0.4 is 5.56 Å². The molecule has 0 amide bonds. The molecule has 4 heteroatoms. The minimum atomic E-state index is -0.492. The lowest BCUT2D eigenvalue weighted by Gasteiger charge is -2.00. The van der Waals surface area contributed by atoms with Crippen molar-refractivity contribution < 1.29 is 9.90 Å². The first-order valence-corrected chi connectivity index (χ1v) is 4.02. The topological polar surface area (TPSA) is 70.2 Å². The third kappa shape index (κ3) is 1.17. The highest BCUT2D eigenvalue weighted by molar-refractivity contribution is 5.88. The summed E-state index contributed by atoms with van der Waals surface area (Å²) in [4.78, 5) is 24.1. The first-order valence-electron chi connectivity index (χ1n) is 4.02. The van der Waals surface area contributed by atoms with Gasteiger partial charge in [-0.15, -0.1) is 0 Å². The Morgan fingerprint density at radius 2 is 2.14 bits per heavy atom. The van der Waals surface area contributed by atoms with Gasteiger partial charge in [0.2, 0.25) is 0 Å². The van der Waals surface area contributed by atoms with Gasteiger partial charge in [0, 0.05) is 5.39 Å². The Morgan fingerprint density at radius 1 is 1.36 bits per heavy atom. The largest absolute Gasteiger partial charge is 0.506 e. The average molecular weight is 189 g/mol. The van der Waals surface area contributed by atoms with Gasteiger partial charge in [0.15, 0.2) is 6.29 Å². The van der Waals surface area contributed by atoms with Crippen molar-refractivity contribution in [3.63, 3.8) is 0 Å². The zero-order chi connectivity index (χ0) is 10.1. The van der Waals surface area contributed by atoms with Crippen LogP contribution in [-0.4, -0.2) is 16.4 Å². The Bertz CT molecular complexity index is 557. The fraction of sp³-hybridized carbons (Fsp3) is 0. The smallest absolute Gasteiger partial charge is 0.259 e. The van der Waals surface area contributed by atoms with Crippen LogP contribution in [0.4, 0.5) is 0 Å². The van der Waals surface area contributed by atoms with Crippen LogP contribution in [0.1, 0.15) is 10.4 Å². The number of aromatic nitrogens is 1. The van der Waals surface area contributed by atoms with Crippen molar-refractivity contribution in [3.8, 4) is 5.75 Å². The molecule has 1 aromatic heterocycles. The molecule has 0 atom stereocenters. The van der Waals surface area contributed by atoms with E-state index in [2.05, 4.69) is 4.98 Å².